The van der Waals surface area contributed by atoms with Crippen LogP contribution in [0.3, 0.4) is 0 Å². The number of ether oxygens (including phenoxy) is 1. The van der Waals surface area contributed by atoms with Crippen LogP contribution in [0.2, 0.25) is 0 Å². The number of nitrogens with one attached hydrogen (secondary N) is 2. The van der Waals surface area contributed by atoms with Crippen molar-refractivity contribution >= 4 is 46.7 Å². The van der Waals surface area contributed by atoms with Crippen molar-refractivity contribution in [2.24, 2.45) is 0 Å². The number of hydrogen-bond acceptors (Lipinski definition) is 9. The Balaban J connectivity index is 1.71. The van der Waals surface area contributed by atoms with Crippen LogP contribution in [0.4, 0.5) is 11.4 Å². The summed E-state index contributed by atoms with van der Waals surface area (Å²) in [7, 11) is 1.57. The van der Waals surface area contributed by atoms with Crippen molar-refractivity contribution in [1.82, 2.24) is 20.1 Å². The maximum atomic E-state index is 13.0. The van der Waals surface area contributed by atoms with Crippen molar-refractivity contribution in [1.29, 1.82) is 0 Å². The molecule has 0 saturated heterocycles. The average Bonchev–Trinajstić information content (AvgIpc) is 3.33. The van der Waals surface area contributed by atoms with Crippen LogP contribution in [0, 0.1) is 17.0 Å². The maximum Gasteiger partial charge on any atom is 0.274 e. The number of methoxy groups -OCH3 is 1. The largest absolute Gasteiger partial charge is 0.497 e. The van der Waals surface area contributed by atoms with Crippen LogP contribution in [0.15, 0.2) is 47.6 Å². The van der Waals surface area contributed by atoms with Crippen molar-refractivity contribution in [2.45, 2.75) is 38.0 Å². The number of aromatic nitrogens is 3. The summed E-state index contributed by atoms with van der Waals surface area (Å²) in [6.07, 6.45) is 2.65. The van der Waals surface area contributed by atoms with E-state index in [0.29, 0.717) is 46.5 Å². The summed E-state index contributed by atoms with van der Waals surface area (Å²) in [6, 6.07) is 11.0. The van der Waals surface area contributed by atoms with Crippen molar-refractivity contribution < 1.29 is 19.2 Å². The van der Waals surface area contributed by atoms with E-state index in [4.69, 9.17) is 4.74 Å². The molecule has 1 aromatic heterocycles. The molecular formula is C25H30N6O5S2. The van der Waals surface area contributed by atoms with E-state index in [1.165, 1.54) is 17.8 Å². The fourth-order valence-corrected chi connectivity index (χ4v) is 4.94. The number of anilines is 1. The van der Waals surface area contributed by atoms with Crippen molar-refractivity contribution in [2.75, 3.05) is 30.2 Å². The smallest absolute Gasteiger partial charge is 0.274 e. The van der Waals surface area contributed by atoms with E-state index in [2.05, 4.69) is 20.8 Å². The fourth-order valence-electron chi connectivity index (χ4n) is 3.66. The number of hydrogen-bond donors (Lipinski definition) is 2. The Hall–Kier alpha value is -3.58. The van der Waals surface area contributed by atoms with E-state index in [1.807, 2.05) is 17.7 Å². The van der Waals surface area contributed by atoms with Crippen molar-refractivity contribution in [3.63, 3.8) is 0 Å². The first-order chi connectivity index (χ1) is 18.3. The molecule has 1 heterocycles. The molecule has 0 saturated carbocycles. The molecule has 0 bridgehead atoms. The minimum absolute atomic E-state index is 0.0352. The Bertz CT molecular complexity index is 1280. The van der Waals surface area contributed by atoms with Gasteiger partial charge in [-0.05, 0) is 62.6 Å². The number of amides is 2. The van der Waals surface area contributed by atoms with Crippen LogP contribution in [0.1, 0.15) is 41.1 Å². The molecule has 38 heavy (non-hydrogen) atoms. The molecule has 202 valence electrons. The normalized spacial score (nSPS) is 11.6. The molecule has 0 fully saturated rings. The van der Waals surface area contributed by atoms with Crippen molar-refractivity contribution in [3.8, 4) is 5.75 Å². The third-order valence-electron chi connectivity index (χ3n) is 5.66. The first kappa shape index (κ1) is 29.0. The summed E-state index contributed by atoms with van der Waals surface area (Å²) >= 11 is 2.87. The number of nitro benzene ring substituents is 1. The van der Waals surface area contributed by atoms with E-state index in [9.17, 15) is 19.7 Å². The number of aryl methyl sites for hydroxylation is 1. The molecule has 1 atom stereocenters. The third-order valence-corrected chi connectivity index (χ3v) is 7.27. The van der Waals surface area contributed by atoms with Crippen LogP contribution in [0.5, 0.6) is 5.75 Å². The highest BCUT2D eigenvalue weighted by atomic mass is 32.2. The minimum atomic E-state index is -0.480. The topological polar surface area (TPSA) is 141 Å². The molecule has 0 aliphatic rings. The summed E-state index contributed by atoms with van der Waals surface area (Å²) in [5, 5.41) is 26.1. The zero-order chi connectivity index (χ0) is 27.7. The van der Waals surface area contributed by atoms with Gasteiger partial charge in [0.15, 0.2) is 11.0 Å². The number of thioether (sulfide) groups is 2. The molecule has 0 spiro atoms. The summed E-state index contributed by atoms with van der Waals surface area (Å²) in [4.78, 5) is 36.2. The zero-order valence-electron chi connectivity index (χ0n) is 21.6. The Kier molecular flexibility index (Phi) is 10.5. The van der Waals surface area contributed by atoms with E-state index in [0.717, 1.165) is 5.75 Å². The van der Waals surface area contributed by atoms with Gasteiger partial charge in [-0.3, -0.25) is 19.7 Å². The molecule has 0 unspecified atom stereocenters. The van der Waals surface area contributed by atoms with Crippen LogP contribution in [0.25, 0.3) is 0 Å². The Labute approximate surface area is 229 Å². The molecule has 3 aromatic rings. The van der Waals surface area contributed by atoms with E-state index >= 15 is 0 Å². The van der Waals surface area contributed by atoms with Gasteiger partial charge in [0.2, 0.25) is 5.91 Å². The standard InChI is InChI=1S/C25H30N6O5S2/c1-5-30-23(20(12-13-37-4)27-24(33)17-7-10-19(36-3)11-8-17)28-29-25(30)38-15-22(32)26-18-9-6-16(2)21(14-18)31(34)35/h6-11,14,20H,5,12-13,15H2,1-4H3,(H,26,32)(H,27,33)/t20-/m1/s1. The van der Waals surface area contributed by atoms with Crippen LogP contribution >= 0.6 is 23.5 Å². The molecule has 0 radical (unpaired) electrons. The fraction of sp³-hybridized carbons (Fsp3) is 0.360. The average molecular weight is 559 g/mol. The predicted octanol–water partition coefficient (Wildman–Crippen LogP) is 4.48. The Morgan fingerprint density at radius 3 is 2.55 bits per heavy atom. The molecule has 2 amide bonds. The monoisotopic (exact) mass is 558 g/mol. The minimum Gasteiger partial charge on any atom is -0.497 e. The lowest BCUT2D eigenvalue weighted by Gasteiger charge is -2.19. The van der Waals surface area contributed by atoms with Gasteiger partial charge in [-0.15, -0.1) is 10.2 Å². The first-order valence-electron chi connectivity index (χ1n) is 11.8. The number of nitrogens with zero attached hydrogens (tertiary/aromatic N) is 4. The zero-order valence-corrected chi connectivity index (χ0v) is 23.2. The van der Waals surface area contributed by atoms with Crippen LogP contribution in [-0.2, 0) is 11.3 Å². The van der Waals surface area contributed by atoms with Gasteiger partial charge >= 0.3 is 0 Å². The molecular weight excluding hydrogens is 528 g/mol. The van der Waals surface area contributed by atoms with Crippen LogP contribution < -0.4 is 15.4 Å². The van der Waals surface area contributed by atoms with E-state index in [-0.39, 0.29) is 29.3 Å². The van der Waals surface area contributed by atoms with Gasteiger partial charge in [-0.2, -0.15) is 11.8 Å². The number of benzene rings is 2. The van der Waals surface area contributed by atoms with Gasteiger partial charge in [0.25, 0.3) is 11.6 Å². The molecule has 3 rings (SSSR count). The maximum absolute atomic E-state index is 13.0. The third kappa shape index (κ3) is 7.48. The van der Waals surface area contributed by atoms with E-state index in [1.54, 1.807) is 62.2 Å². The molecule has 11 nitrogen and oxygen atoms in total. The van der Waals surface area contributed by atoms with Gasteiger partial charge in [0.05, 0.1) is 23.8 Å². The second-order valence-corrected chi connectivity index (χ2v) is 10.1. The van der Waals surface area contributed by atoms with Gasteiger partial charge in [-0.25, -0.2) is 0 Å². The highest BCUT2D eigenvalue weighted by molar-refractivity contribution is 7.99. The van der Waals surface area contributed by atoms with E-state index < -0.39 is 4.92 Å². The lowest BCUT2D eigenvalue weighted by molar-refractivity contribution is -0.385. The van der Waals surface area contributed by atoms with Gasteiger partial charge in [-0.1, -0.05) is 17.8 Å². The molecule has 13 heteroatoms. The summed E-state index contributed by atoms with van der Waals surface area (Å²) in [5.74, 6) is 1.56. The highest BCUT2D eigenvalue weighted by Crippen LogP contribution is 2.25. The lowest BCUT2D eigenvalue weighted by atomic mass is 10.1. The summed E-state index contributed by atoms with van der Waals surface area (Å²) < 4.78 is 7.05. The molecule has 2 N–H and O–H groups in total. The molecule has 0 aliphatic carbocycles. The quantitative estimate of drug-likeness (QED) is 0.176. The second-order valence-electron chi connectivity index (χ2n) is 8.22. The SMILES string of the molecule is CCn1c(SCC(=O)Nc2ccc(C)c([N+](=O)[O-])c2)nnc1[C@@H](CCSC)NC(=O)c1ccc(OC)cc1. The highest BCUT2D eigenvalue weighted by Gasteiger charge is 2.24. The Morgan fingerprint density at radius 1 is 1.18 bits per heavy atom. The predicted molar refractivity (Wildman–Crippen MR) is 149 cm³/mol. The molecule has 2 aromatic carbocycles. The van der Waals surface area contributed by atoms with Crippen molar-refractivity contribution in [3.05, 3.63) is 69.5 Å². The van der Waals surface area contributed by atoms with Crippen LogP contribution in [-0.4, -0.2) is 56.4 Å². The number of carbonyl (C=O) groups is 2. The summed E-state index contributed by atoms with van der Waals surface area (Å²) in [5.41, 5.74) is 1.31. The van der Waals surface area contributed by atoms with Gasteiger partial charge < -0.3 is 19.9 Å². The van der Waals surface area contributed by atoms with Gasteiger partial charge in [0.1, 0.15) is 5.75 Å². The second kappa shape index (κ2) is 13.8. The summed E-state index contributed by atoms with van der Waals surface area (Å²) in [6.45, 7) is 4.13. The Morgan fingerprint density at radius 2 is 1.92 bits per heavy atom. The number of carbonyl (C=O) groups excluding carboxylic acids is 2. The molecule has 0 aliphatic heterocycles. The number of nitro groups is 1. The number of rotatable bonds is 13. The lowest BCUT2D eigenvalue weighted by Crippen LogP contribution is -2.31. The van der Waals surface area contributed by atoms with Gasteiger partial charge in [0, 0.05) is 29.4 Å². The first-order valence-corrected chi connectivity index (χ1v) is 14.2.